The molecular weight excluding hydrogens is 311 g/mol. The van der Waals surface area contributed by atoms with Crippen LogP contribution in [0.1, 0.15) is 16.8 Å². The summed E-state index contributed by atoms with van der Waals surface area (Å²) in [4.78, 5) is 4.30. The molecule has 19 heavy (non-hydrogen) atoms. The van der Waals surface area contributed by atoms with Crippen LogP contribution >= 0.6 is 15.9 Å². The highest BCUT2D eigenvalue weighted by Gasteiger charge is 2.07. The molecule has 0 atom stereocenters. The van der Waals surface area contributed by atoms with Gasteiger partial charge in [0.2, 0.25) is 0 Å². The van der Waals surface area contributed by atoms with E-state index >= 15 is 0 Å². The van der Waals surface area contributed by atoms with Gasteiger partial charge in [-0.05, 0) is 59.1 Å². The predicted octanol–water partition coefficient (Wildman–Crippen LogP) is 3.76. The molecule has 5 heteroatoms. The molecule has 2 N–H and O–H groups in total. The summed E-state index contributed by atoms with van der Waals surface area (Å²) in [6, 6.07) is 4.51. The van der Waals surface area contributed by atoms with Gasteiger partial charge in [0, 0.05) is 11.9 Å². The standard InChI is InChI=1S/C14H14BrFN2O/c1-8-6-18-13(9(2)14(8)17)7-19-10-3-4-12(16)11(15)5-10/h3-6H,7H2,1-2H3,(H2,17,18). The van der Waals surface area contributed by atoms with E-state index in [1.54, 1.807) is 18.3 Å². The van der Waals surface area contributed by atoms with Crippen LogP contribution in [0, 0.1) is 19.7 Å². The second-order valence-corrected chi connectivity index (χ2v) is 5.15. The molecule has 2 rings (SSSR count). The fraction of sp³-hybridized carbons (Fsp3) is 0.214. The first-order chi connectivity index (χ1) is 8.99. The minimum atomic E-state index is -0.318. The van der Waals surface area contributed by atoms with Crippen molar-refractivity contribution in [3.05, 3.63) is 51.5 Å². The summed E-state index contributed by atoms with van der Waals surface area (Å²) in [7, 11) is 0. The van der Waals surface area contributed by atoms with Gasteiger partial charge in [0.25, 0.3) is 0 Å². The van der Waals surface area contributed by atoms with Gasteiger partial charge < -0.3 is 10.5 Å². The summed E-state index contributed by atoms with van der Waals surface area (Å²) in [5.41, 5.74) is 9.32. The maximum absolute atomic E-state index is 13.1. The Morgan fingerprint density at radius 1 is 1.37 bits per heavy atom. The van der Waals surface area contributed by atoms with Crippen molar-refractivity contribution in [2.45, 2.75) is 20.5 Å². The number of rotatable bonds is 3. The van der Waals surface area contributed by atoms with Gasteiger partial charge >= 0.3 is 0 Å². The average molecular weight is 325 g/mol. The highest BCUT2D eigenvalue weighted by atomic mass is 79.9. The fourth-order valence-corrected chi connectivity index (χ4v) is 2.01. The highest BCUT2D eigenvalue weighted by Crippen LogP contribution is 2.23. The quantitative estimate of drug-likeness (QED) is 0.935. The summed E-state index contributed by atoms with van der Waals surface area (Å²) >= 11 is 3.12. The van der Waals surface area contributed by atoms with Gasteiger partial charge in [-0.1, -0.05) is 0 Å². The number of aryl methyl sites for hydroxylation is 1. The number of nitrogen functional groups attached to an aromatic ring is 1. The Morgan fingerprint density at radius 2 is 2.11 bits per heavy atom. The number of benzene rings is 1. The molecule has 0 aliphatic carbocycles. The molecule has 1 heterocycles. The molecule has 100 valence electrons. The lowest BCUT2D eigenvalue weighted by molar-refractivity contribution is 0.300. The molecule has 3 nitrogen and oxygen atoms in total. The SMILES string of the molecule is Cc1cnc(COc2ccc(F)c(Br)c2)c(C)c1N. The Balaban J connectivity index is 2.14. The Kier molecular flexibility index (Phi) is 4.04. The molecule has 0 amide bonds. The van der Waals surface area contributed by atoms with Gasteiger partial charge in [0.05, 0.1) is 10.2 Å². The van der Waals surface area contributed by atoms with E-state index in [4.69, 9.17) is 10.5 Å². The normalized spacial score (nSPS) is 10.5. The van der Waals surface area contributed by atoms with Crippen LogP contribution < -0.4 is 10.5 Å². The molecule has 0 fully saturated rings. The molecule has 0 bridgehead atoms. The smallest absolute Gasteiger partial charge is 0.137 e. The van der Waals surface area contributed by atoms with Crippen molar-refractivity contribution in [3.8, 4) is 5.75 Å². The Hall–Kier alpha value is -1.62. The van der Waals surface area contributed by atoms with Crippen LogP contribution in [-0.4, -0.2) is 4.98 Å². The summed E-state index contributed by atoms with van der Waals surface area (Å²) in [6.45, 7) is 4.13. The molecule has 0 saturated carbocycles. The van der Waals surface area contributed by atoms with E-state index in [9.17, 15) is 4.39 Å². The van der Waals surface area contributed by atoms with Gasteiger partial charge in [-0.3, -0.25) is 4.98 Å². The van der Waals surface area contributed by atoms with Crippen LogP contribution in [0.2, 0.25) is 0 Å². The minimum absolute atomic E-state index is 0.300. The third-order valence-corrected chi connectivity index (χ3v) is 3.55. The van der Waals surface area contributed by atoms with E-state index in [2.05, 4.69) is 20.9 Å². The lowest BCUT2D eigenvalue weighted by Crippen LogP contribution is -2.05. The molecule has 0 radical (unpaired) electrons. The summed E-state index contributed by atoms with van der Waals surface area (Å²) in [6.07, 6.45) is 1.72. The Labute approximate surface area is 119 Å². The summed E-state index contributed by atoms with van der Waals surface area (Å²) < 4.78 is 19.1. The first kappa shape index (κ1) is 13.8. The second kappa shape index (κ2) is 5.57. The molecule has 1 aromatic carbocycles. The molecule has 0 aliphatic heterocycles. The first-order valence-corrected chi connectivity index (χ1v) is 6.56. The van der Waals surface area contributed by atoms with Gasteiger partial charge in [0.15, 0.2) is 0 Å². The van der Waals surface area contributed by atoms with Crippen molar-refractivity contribution >= 4 is 21.6 Å². The number of pyridine rings is 1. The number of aromatic nitrogens is 1. The topological polar surface area (TPSA) is 48.1 Å². The van der Waals surface area contributed by atoms with Gasteiger partial charge in [-0.2, -0.15) is 0 Å². The molecule has 2 aromatic rings. The molecule has 0 unspecified atom stereocenters. The third-order valence-electron chi connectivity index (χ3n) is 2.94. The van der Waals surface area contributed by atoms with E-state index < -0.39 is 0 Å². The lowest BCUT2D eigenvalue weighted by Gasteiger charge is -2.11. The summed E-state index contributed by atoms with van der Waals surface area (Å²) in [5.74, 6) is 0.259. The van der Waals surface area contributed by atoms with Crippen LogP contribution in [0.15, 0.2) is 28.9 Å². The van der Waals surface area contributed by atoms with Crippen molar-refractivity contribution < 1.29 is 9.13 Å². The maximum atomic E-state index is 13.1. The van der Waals surface area contributed by atoms with Crippen LogP contribution in [0.4, 0.5) is 10.1 Å². The monoisotopic (exact) mass is 324 g/mol. The number of nitrogens with two attached hydrogens (primary N) is 1. The van der Waals surface area contributed by atoms with Crippen molar-refractivity contribution in [2.24, 2.45) is 0 Å². The number of hydrogen-bond donors (Lipinski definition) is 1. The highest BCUT2D eigenvalue weighted by molar-refractivity contribution is 9.10. The number of nitrogens with zero attached hydrogens (tertiary/aromatic N) is 1. The van der Waals surface area contributed by atoms with Crippen molar-refractivity contribution in [2.75, 3.05) is 5.73 Å². The zero-order valence-corrected chi connectivity index (χ0v) is 12.3. The Morgan fingerprint density at radius 3 is 2.79 bits per heavy atom. The molecule has 0 aliphatic rings. The van der Waals surface area contributed by atoms with Crippen molar-refractivity contribution in [1.29, 1.82) is 0 Å². The first-order valence-electron chi connectivity index (χ1n) is 5.77. The van der Waals surface area contributed by atoms with Crippen LogP contribution in [0.25, 0.3) is 0 Å². The van der Waals surface area contributed by atoms with E-state index in [-0.39, 0.29) is 5.82 Å². The largest absolute Gasteiger partial charge is 0.487 e. The van der Waals surface area contributed by atoms with E-state index in [0.717, 1.165) is 22.5 Å². The van der Waals surface area contributed by atoms with Crippen LogP contribution in [-0.2, 0) is 6.61 Å². The number of anilines is 1. The molecule has 1 aromatic heterocycles. The van der Waals surface area contributed by atoms with Crippen LogP contribution in [0.5, 0.6) is 5.75 Å². The zero-order valence-electron chi connectivity index (χ0n) is 10.7. The van der Waals surface area contributed by atoms with Crippen molar-refractivity contribution in [1.82, 2.24) is 4.98 Å². The molecule has 0 spiro atoms. The minimum Gasteiger partial charge on any atom is -0.487 e. The van der Waals surface area contributed by atoms with Gasteiger partial charge in [-0.25, -0.2) is 4.39 Å². The van der Waals surface area contributed by atoms with Crippen LogP contribution in [0.3, 0.4) is 0 Å². The number of halogens is 2. The number of hydrogen-bond acceptors (Lipinski definition) is 3. The predicted molar refractivity (Wildman–Crippen MR) is 76.6 cm³/mol. The van der Waals surface area contributed by atoms with E-state index in [0.29, 0.717) is 16.8 Å². The Bertz CT molecular complexity index is 617. The summed E-state index contributed by atoms with van der Waals surface area (Å²) in [5, 5.41) is 0. The maximum Gasteiger partial charge on any atom is 0.137 e. The lowest BCUT2D eigenvalue weighted by atomic mass is 10.1. The molecule has 0 saturated heterocycles. The zero-order chi connectivity index (χ0) is 14.0. The van der Waals surface area contributed by atoms with Gasteiger partial charge in [0.1, 0.15) is 18.2 Å². The molecular formula is C14H14BrFN2O. The second-order valence-electron chi connectivity index (χ2n) is 4.29. The van der Waals surface area contributed by atoms with E-state index in [1.807, 2.05) is 13.8 Å². The third kappa shape index (κ3) is 3.04. The van der Waals surface area contributed by atoms with Gasteiger partial charge in [-0.15, -0.1) is 0 Å². The fourth-order valence-electron chi connectivity index (χ4n) is 1.66. The average Bonchev–Trinajstić information content (AvgIpc) is 2.39. The van der Waals surface area contributed by atoms with E-state index in [1.165, 1.54) is 6.07 Å². The number of ether oxygens (including phenoxy) is 1. The van der Waals surface area contributed by atoms with Crippen molar-refractivity contribution in [3.63, 3.8) is 0 Å².